The van der Waals surface area contributed by atoms with E-state index in [0.717, 1.165) is 15.3 Å². The number of amides is 2. The molecule has 0 aliphatic heterocycles. The molecule has 4 rings (SSSR count). The van der Waals surface area contributed by atoms with Crippen LogP contribution in [0.1, 0.15) is 37.3 Å². The van der Waals surface area contributed by atoms with Crippen molar-refractivity contribution in [1.29, 1.82) is 0 Å². The Morgan fingerprint density at radius 1 is 1.09 bits per heavy atom. The summed E-state index contributed by atoms with van der Waals surface area (Å²) in [6, 6.07) is 4.66. The Bertz CT molecular complexity index is 1140. The summed E-state index contributed by atoms with van der Waals surface area (Å²) in [4.78, 5) is 40.1. The molecule has 2 aromatic heterocycles. The van der Waals surface area contributed by atoms with Crippen LogP contribution in [0.25, 0.3) is 10.4 Å². The lowest BCUT2D eigenvalue weighted by atomic mass is 9.92. The van der Waals surface area contributed by atoms with Crippen LogP contribution in [0.5, 0.6) is 0 Å². The van der Waals surface area contributed by atoms with Crippen LogP contribution < -0.4 is 10.2 Å². The Balaban J connectivity index is 1.68. The number of nitrogens with zero attached hydrogens (tertiary/aromatic N) is 4. The Morgan fingerprint density at radius 2 is 1.74 bits per heavy atom. The van der Waals surface area contributed by atoms with Crippen LogP contribution in [0.3, 0.4) is 0 Å². The summed E-state index contributed by atoms with van der Waals surface area (Å²) in [5, 5.41) is 2.74. The minimum Gasteiger partial charge on any atom is -0.351 e. The third kappa shape index (κ3) is 5.96. The Hall–Kier alpha value is -3.05. The van der Waals surface area contributed by atoms with Gasteiger partial charge in [-0.25, -0.2) is 23.1 Å². The van der Waals surface area contributed by atoms with Gasteiger partial charge in [0.25, 0.3) is 11.5 Å². The molecule has 2 amide bonds. The highest BCUT2D eigenvalue weighted by molar-refractivity contribution is 7.13. The average molecular weight is 524 g/mol. The van der Waals surface area contributed by atoms with Crippen molar-refractivity contribution in [2.75, 3.05) is 4.90 Å². The molecule has 0 bridgehead atoms. The van der Waals surface area contributed by atoms with E-state index in [1.807, 2.05) is 0 Å². The van der Waals surface area contributed by atoms with E-state index in [9.17, 15) is 22.8 Å². The molecule has 2 heterocycles. The van der Waals surface area contributed by atoms with Crippen molar-refractivity contribution >= 4 is 40.4 Å². The molecule has 2 atom stereocenters. The van der Waals surface area contributed by atoms with Crippen molar-refractivity contribution in [2.45, 2.75) is 49.3 Å². The molecule has 3 aromatic rings. The molecular formula is C23H21ClF3N5O2S. The number of aromatic nitrogens is 3. The second-order valence-corrected chi connectivity index (χ2v) is 9.40. The SMILES string of the molecule is O=C(NC1CCC(F)(F)CC1)[C@H](c1cncnc1)N(C(=O)[C@@H](F)Cl)c1ccc(-c2cncs2)cc1. The minimum absolute atomic E-state index is 0.0789. The zero-order chi connectivity index (χ0) is 25.0. The van der Waals surface area contributed by atoms with Gasteiger partial charge in [-0.05, 0) is 30.5 Å². The first-order valence-electron chi connectivity index (χ1n) is 10.8. The lowest BCUT2D eigenvalue weighted by Crippen LogP contribution is -2.49. The summed E-state index contributed by atoms with van der Waals surface area (Å²) in [5.41, 5.74) is 0.494. The van der Waals surface area contributed by atoms with E-state index in [2.05, 4.69) is 20.3 Å². The van der Waals surface area contributed by atoms with Gasteiger partial charge in [-0.3, -0.25) is 19.5 Å². The highest BCUT2D eigenvalue weighted by Crippen LogP contribution is 2.35. The Kier molecular flexibility index (Phi) is 7.66. The molecule has 184 valence electrons. The van der Waals surface area contributed by atoms with Crippen molar-refractivity contribution in [3.05, 3.63) is 60.3 Å². The molecule has 1 aliphatic rings. The first-order valence-corrected chi connectivity index (χ1v) is 12.1. The number of hydrogen-bond acceptors (Lipinski definition) is 6. The summed E-state index contributed by atoms with van der Waals surface area (Å²) < 4.78 is 41.3. The lowest BCUT2D eigenvalue weighted by molar-refractivity contribution is -0.128. The number of alkyl halides is 4. The zero-order valence-electron chi connectivity index (χ0n) is 18.3. The quantitative estimate of drug-likeness (QED) is 0.445. The van der Waals surface area contributed by atoms with Gasteiger partial charge in [0, 0.05) is 48.7 Å². The molecule has 7 nitrogen and oxygen atoms in total. The fourth-order valence-electron chi connectivity index (χ4n) is 3.99. The molecule has 1 fully saturated rings. The van der Waals surface area contributed by atoms with Crippen molar-refractivity contribution in [1.82, 2.24) is 20.3 Å². The molecule has 12 heteroatoms. The summed E-state index contributed by atoms with van der Waals surface area (Å²) in [5.74, 6) is -4.60. The second-order valence-electron chi connectivity index (χ2n) is 8.13. The average Bonchev–Trinajstić information content (AvgIpc) is 3.39. The van der Waals surface area contributed by atoms with Crippen LogP contribution >= 0.6 is 22.9 Å². The van der Waals surface area contributed by atoms with Crippen molar-refractivity contribution in [3.63, 3.8) is 0 Å². The van der Waals surface area contributed by atoms with Crippen LogP contribution in [0, 0.1) is 0 Å². The number of carbonyl (C=O) groups is 2. The van der Waals surface area contributed by atoms with Gasteiger partial charge in [-0.1, -0.05) is 23.7 Å². The maximum Gasteiger partial charge on any atom is 0.278 e. The number of thiazole rings is 1. The van der Waals surface area contributed by atoms with Crippen LogP contribution in [-0.4, -0.2) is 44.4 Å². The Labute approximate surface area is 208 Å². The second kappa shape index (κ2) is 10.7. The van der Waals surface area contributed by atoms with Gasteiger partial charge in [-0.15, -0.1) is 11.3 Å². The lowest BCUT2D eigenvalue weighted by Gasteiger charge is -2.34. The third-order valence-corrected chi connectivity index (χ3v) is 6.76. The highest BCUT2D eigenvalue weighted by Gasteiger charge is 2.39. The van der Waals surface area contributed by atoms with Gasteiger partial charge in [0.1, 0.15) is 12.4 Å². The predicted octanol–water partition coefficient (Wildman–Crippen LogP) is 4.90. The Morgan fingerprint density at radius 3 is 2.31 bits per heavy atom. The van der Waals surface area contributed by atoms with Gasteiger partial charge < -0.3 is 5.32 Å². The third-order valence-electron chi connectivity index (χ3n) is 5.75. The first kappa shape index (κ1) is 25.1. The molecule has 0 spiro atoms. The summed E-state index contributed by atoms with van der Waals surface area (Å²) in [6.07, 6.45) is 5.05. The zero-order valence-corrected chi connectivity index (χ0v) is 19.9. The number of rotatable bonds is 7. The summed E-state index contributed by atoms with van der Waals surface area (Å²) in [6.45, 7) is 0. The van der Waals surface area contributed by atoms with E-state index in [1.54, 1.807) is 36.0 Å². The smallest absolute Gasteiger partial charge is 0.278 e. The standard InChI is InChI=1S/C23H21ClF3N5O2S/c24-20(25)22(34)32(17-3-1-14(2-4-17)18-11-30-13-35-18)19(15-9-28-12-29-10-15)21(33)31-16-5-7-23(26,27)8-6-16/h1-4,9-13,16,19-20H,5-8H2,(H,31,33)/t19-,20+/m0/s1. The summed E-state index contributed by atoms with van der Waals surface area (Å²) in [7, 11) is 0. The van der Waals surface area contributed by atoms with E-state index in [4.69, 9.17) is 11.6 Å². The van der Waals surface area contributed by atoms with Gasteiger partial charge in [0.05, 0.1) is 10.4 Å². The van der Waals surface area contributed by atoms with Gasteiger partial charge in [0.15, 0.2) is 0 Å². The number of halogens is 4. The van der Waals surface area contributed by atoms with E-state index in [0.29, 0.717) is 0 Å². The summed E-state index contributed by atoms with van der Waals surface area (Å²) >= 11 is 6.96. The molecule has 1 aliphatic carbocycles. The molecular weight excluding hydrogens is 503 g/mol. The van der Waals surface area contributed by atoms with Crippen LogP contribution in [0.15, 0.2) is 54.7 Å². The van der Waals surface area contributed by atoms with E-state index in [-0.39, 0.29) is 36.9 Å². The van der Waals surface area contributed by atoms with Crippen molar-refractivity contribution < 1.29 is 22.8 Å². The van der Waals surface area contributed by atoms with Crippen LogP contribution in [0.4, 0.5) is 18.9 Å². The largest absolute Gasteiger partial charge is 0.351 e. The van der Waals surface area contributed by atoms with Crippen molar-refractivity contribution in [2.24, 2.45) is 0 Å². The van der Waals surface area contributed by atoms with E-state index < -0.39 is 35.5 Å². The molecule has 0 radical (unpaired) electrons. The topological polar surface area (TPSA) is 88.1 Å². The molecule has 1 N–H and O–H groups in total. The normalized spacial score (nSPS) is 17.4. The highest BCUT2D eigenvalue weighted by atomic mass is 35.5. The number of anilines is 1. The van der Waals surface area contributed by atoms with Gasteiger partial charge in [-0.2, -0.15) is 0 Å². The number of benzene rings is 1. The van der Waals surface area contributed by atoms with Gasteiger partial charge >= 0.3 is 0 Å². The predicted molar refractivity (Wildman–Crippen MR) is 126 cm³/mol. The van der Waals surface area contributed by atoms with Gasteiger partial charge in [0.2, 0.25) is 11.8 Å². The molecule has 35 heavy (non-hydrogen) atoms. The van der Waals surface area contributed by atoms with E-state index >= 15 is 0 Å². The molecule has 1 aromatic carbocycles. The molecule has 1 saturated carbocycles. The van der Waals surface area contributed by atoms with Crippen molar-refractivity contribution in [3.8, 4) is 10.4 Å². The van der Waals surface area contributed by atoms with Crippen LogP contribution in [0.2, 0.25) is 0 Å². The fraction of sp³-hybridized carbons (Fsp3) is 0.348. The maximum absolute atomic E-state index is 14.1. The minimum atomic E-state index is -2.77. The first-order chi connectivity index (χ1) is 16.7. The maximum atomic E-state index is 14.1. The molecule has 0 saturated heterocycles. The number of nitrogens with one attached hydrogen (secondary N) is 1. The molecule has 0 unspecified atom stereocenters. The number of carbonyl (C=O) groups excluding carboxylic acids is 2. The van der Waals surface area contributed by atoms with Crippen LogP contribution in [-0.2, 0) is 9.59 Å². The van der Waals surface area contributed by atoms with E-state index in [1.165, 1.54) is 30.1 Å². The fourth-order valence-corrected chi connectivity index (χ4v) is 4.72. The monoisotopic (exact) mass is 523 g/mol. The number of hydrogen-bond donors (Lipinski definition) is 1.